The lowest BCUT2D eigenvalue weighted by molar-refractivity contribution is -0.136. The highest BCUT2D eigenvalue weighted by atomic mass is 16.5. The standard InChI is InChI=1S/C17H28N4O2/c1-13-3-4-16(14(2)9-13)19-15-10-18-21(11-15)12-17(22)20-5-7-23-8-6-20/h10-11,13-14,16,19H,3-9,12H2,1-2H3/t13-,14-,16-/m1/s1. The summed E-state index contributed by atoms with van der Waals surface area (Å²) in [5, 5.41) is 7.93. The lowest BCUT2D eigenvalue weighted by atomic mass is 9.80. The zero-order valence-electron chi connectivity index (χ0n) is 14.2. The lowest BCUT2D eigenvalue weighted by Gasteiger charge is -2.33. The van der Waals surface area contributed by atoms with Crippen molar-refractivity contribution in [2.45, 2.75) is 45.7 Å². The normalized spacial score (nSPS) is 28.6. The molecule has 1 N–H and O–H groups in total. The molecule has 2 heterocycles. The van der Waals surface area contributed by atoms with Crippen LogP contribution in [0.15, 0.2) is 12.4 Å². The zero-order chi connectivity index (χ0) is 16.2. The van der Waals surface area contributed by atoms with Crippen molar-refractivity contribution in [2.75, 3.05) is 31.6 Å². The molecule has 0 radical (unpaired) electrons. The maximum atomic E-state index is 12.2. The summed E-state index contributed by atoms with van der Waals surface area (Å²) < 4.78 is 7.01. The first-order valence-corrected chi connectivity index (χ1v) is 8.76. The van der Waals surface area contributed by atoms with Crippen molar-refractivity contribution in [3.8, 4) is 0 Å². The van der Waals surface area contributed by atoms with E-state index in [0.29, 0.717) is 44.8 Å². The average Bonchev–Trinajstić information content (AvgIpc) is 2.98. The van der Waals surface area contributed by atoms with Gasteiger partial charge in [-0.15, -0.1) is 0 Å². The average molecular weight is 320 g/mol. The molecule has 0 aromatic carbocycles. The molecule has 1 aliphatic carbocycles. The Hall–Kier alpha value is -1.56. The van der Waals surface area contributed by atoms with Gasteiger partial charge >= 0.3 is 0 Å². The van der Waals surface area contributed by atoms with Gasteiger partial charge in [0.1, 0.15) is 6.54 Å². The van der Waals surface area contributed by atoms with Crippen molar-refractivity contribution in [3.63, 3.8) is 0 Å². The molecule has 0 spiro atoms. The quantitative estimate of drug-likeness (QED) is 0.921. The van der Waals surface area contributed by atoms with Gasteiger partial charge in [0.05, 0.1) is 25.1 Å². The molecular formula is C17H28N4O2. The Morgan fingerprint density at radius 2 is 2.13 bits per heavy atom. The molecule has 23 heavy (non-hydrogen) atoms. The SMILES string of the molecule is C[C@@H]1CC[C@@H](Nc2cnn(CC(=O)N3CCOCC3)c2)[C@H](C)C1. The molecule has 3 rings (SSSR count). The molecule has 128 valence electrons. The third-order valence-electron chi connectivity index (χ3n) is 5.08. The van der Waals surface area contributed by atoms with Gasteiger partial charge in [0.2, 0.25) is 5.91 Å². The van der Waals surface area contributed by atoms with Crippen molar-refractivity contribution in [1.82, 2.24) is 14.7 Å². The number of carbonyl (C=O) groups excluding carboxylic acids is 1. The minimum absolute atomic E-state index is 0.114. The van der Waals surface area contributed by atoms with Crippen molar-refractivity contribution >= 4 is 11.6 Å². The molecular weight excluding hydrogens is 292 g/mol. The zero-order valence-corrected chi connectivity index (χ0v) is 14.2. The number of hydrogen-bond acceptors (Lipinski definition) is 4. The van der Waals surface area contributed by atoms with Gasteiger partial charge in [-0.25, -0.2) is 0 Å². The van der Waals surface area contributed by atoms with E-state index >= 15 is 0 Å². The number of carbonyl (C=O) groups is 1. The van der Waals surface area contributed by atoms with E-state index in [9.17, 15) is 4.79 Å². The monoisotopic (exact) mass is 320 g/mol. The summed E-state index contributed by atoms with van der Waals surface area (Å²) in [7, 11) is 0. The Balaban J connectivity index is 1.52. The molecule has 6 nitrogen and oxygen atoms in total. The number of rotatable bonds is 4. The van der Waals surface area contributed by atoms with E-state index in [1.807, 2.05) is 17.3 Å². The van der Waals surface area contributed by atoms with Crippen molar-refractivity contribution in [3.05, 3.63) is 12.4 Å². The number of nitrogens with one attached hydrogen (secondary N) is 1. The Bertz CT molecular complexity index is 524. The Kier molecular flexibility index (Phi) is 5.20. The second kappa shape index (κ2) is 7.34. The van der Waals surface area contributed by atoms with Crippen LogP contribution in [0.1, 0.15) is 33.1 Å². The molecule has 1 aromatic rings. The molecule has 1 aliphatic heterocycles. The predicted molar refractivity (Wildman–Crippen MR) is 89.2 cm³/mol. The summed E-state index contributed by atoms with van der Waals surface area (Å²) in [5.74, 6) is 1.62. The number of ether oxygens (including phenoxy) is 1. The van der Waals surface area contributed by atoms with Crippen molar-refractivity contribution in [2.24, 2.45) is 11.8 Å². The molecule has 0 unspecified atom stereocenters. The third-order valence-corrected chi connectivity index (χ3v) is 5.08. The molecule has 2 fully saturated rings. The summed E-state index contributed by atoms with van der Waals surface area (Å²) in [4.78, 5) is 14.1. The van der Waals surface area contributed by atoms with Gasteiger partial charge in [-0.1, -0.05) is 13.8 Å². The second-order valence-corrected chi connectivity index (χ2v) is 7.07. The maximum Gasteiger partial charge on any atom is 0.244 e. The highest BCUT2D eigenvalue weighted by molar-refractivity contribution is 5.76. The van der Waals surface area contributed by atoms with Gasteiger partial charge in [0.15, 0.2) is 0 Å². The summed E-state index contributed by atoms with van der Waals surface area (Å²) in [6.45, 7) is 7.60. The largest absolute Gasteiger partial charge is 0.380 e. The summed E-state index contributed by atoms with van der Waals surface area (Å²) in [6.07, 6.45) is 7.55. The van der Waals surface area contributed by atoms with Crippen LogP contribution in [0, 0.1) is 11.8 Å². The number of amides is 1. The van der Waals surface area contributed by atoms with Crippen LogP contribution in [0.5, 0.6) is 0 Å². The fraction of sp³-hybridized carbons (Fsp3) is 0.765. The highest BCUT2D eigenvalue weighted by Crippen LogP contribution is 2.30. The highest BCUT2D eigenvalue weighted by Gasteiger charge is 2.25. The molecule has 6 heteroatoms. The molecule has 1 amide bonds. The number of morpholine rings is 1. The molecule has 1 saturated heterocycles. The van der Waals surface area contributed by atoms with Gasteiger partial charge in [-0.05, 0) is 31.1 Å². The van der Waals surface area contributed by atoms with E-state index in [0.717, 1.165) is 11.6 Å². The number of aromatic nitrogens is 2. The van der Waals surface area contributed by atoms with Gasteiger partial charge in [-0.3, -0.25) is 9.48 Å². The van der Waals surface area contributed by atoms with Gasteiger partial charge < -0.3 is 15.0 Å². The van der Waals surface area contributed by atoms with Crippen LogP contribution in [0.4, 0.5) is 5.69 Å². The van der Waals surface area contributed by atoms with Crippen LogP contribution >= 0.6 is 0 Å². The van der Waals surface area contributed by atoms with E-state index in [1.54, 1.807) is 4.68 Å². The molecule has 3 atom stereocenters. The van der Waals surface area contributed by atoms with Gasteiger partial charge in [0, 0.05) is 25.3 Å². The second-order valence-electron chi connectivity index (χ2n) is 7.07. The first-order valence-electron chi connectivity index (χ1n) is 8.76. The molecule has 1 saturated carbocycles. The van der Waals surface area contributed by atoms with Crippen LogP contribution < -0.4 is 5.32 Å². The maximum absolute atomic E-state index is 12.2. The first-order chi connectivity index (χ1) is 11.1. The topological polar surface area (TPSA) is 59.4 Å². The summed E-state index contributed by atoms with van der Waals surface area (Å²) in [5.41, 5.74) is 1.02. The van der Waals surface area contributed by atoms with E-state index in [1.165, 1.54) is 19.3 Å². The number of anilines is 1. The van der Waals surface area contributed by atoms with Crippen LogP contribution in [-0.4, -0.2) is 52.9 Å². The Morgan fingerprint density at radius 1 is 1.35 bits per heavy atom. The summed E-state index contributed by atoms with van der Waals surface area (Å²) >= 11 is 0. The van der Waals surface area contributed by atoms with Gasteiger partial charge in [-0.2, -0.15) is 5.10 Å². The van der Waals surface area contributed by atoms with Crippen molar-refractivity contribution in [1.29, 1.82) is 0 Å². The fourth-order valence-electron chi connectivity index (χ4n) is 3.67. The minimum Gasteiger partial charge on any atom is -0.380 e. The Morgan fingerprint density at radius 3 is 2.87 bits per heavy atom. The van der Waals surface area contributed by atoms with Crippen LogP contribution in [0.25, 0.3) is 0 Å². The van der Waals surface area contributed by atoms with Crippen LogP contribution in [0.2, 0.25) is 0 Å². The Labute approximate surface area is 138 Å². The minimum atomic E-state index is 0.114. The van der Waals surface area contributed by atoms with Crippen LogP contribution in [-0.2, 0) is 16.1 Å². The molecule has 0 bridgehead atoms. The fourth-order valence-corrected chi connectivity index (χ4v) is 3.67. The first kappa shape index (κ1) is 16.3. The van der Waals surface area contributed by atoms with E-state index in [4.69, 9.17) is 4.74 Å². The lowest BCUT2D eigenvalue weighted by Crippen LogP contribution is -2.42. The van der Waals surface area contributed by atoms with Gasteiger partial charge in [0.25, 0.3) is 0 Å². The predicted octanol–water partition coefficient (Wildman–Crippen LogP) is 1.98. The smallest absolute Gasteiger partial charge is 0.244 e. The van der Waals surface area contributed by atoms with Crippen LogP contribution in [0.3, 0.4) is 0 Å². The van der Waals surface area contributed by atoms with E-state index in [2.05, 4.69) is 24.3 Å². The van der Waals surface area contributed by atoms with E-state index < -0.39 is 0 Å². The van der Waals surface area contributed by atoms with E-state index in [-0.39, 0.29) is 5.91 Å². The summed E-state index contributed by atoms with van der Waals surface area (Å²) in [6, 6.07) is 0.513. The van der Waals surface area contributed by atoms with Crippen molar-refractivity contribution < 1.29 is 9.53 Å². The molecule has 2 aliphatic rings. The number of nitrogens with zero attached hydrogens (tertiary/aromatic N) is 3. The molecule has 1 aromatic heterocycles. The third kappa shape index (κ3) is 4.25. The number of hydrogen-bond donors (Lipinski definition) is 1.